The van der Waals surface area contributed by atoms with Gasteiger partial charge in [-0.1, -0.05) is 6.07 Å². The van der Waals surface area contributed by atoms with Crippen LogP contribution in [0.4, 0.5) is 13.2 Å². The Morgan fingerprint density at radius 3 is 2.33 bits per heavy atom. The zero-order valence-corrected chi connectivity index (χ0v) is 12.0. The van der Waals surface area contributed by atoms with Crippen LogP contribution in [0.3, 0.4) is 0 Å². The van der Waals surface area contributed by atoms with Crippen LogP contribution in [-0.4, -0.2) is 37.0 Å². The summed E-state index contributed by atoms with van der Waals surface area (Å²) in [5.41, 5.74) is 6.09. The van der Waals surface area contributed by atoms with Crippen LogP contribution in [0.5, 0.6) is 0 Å². The van der Waals surface area contributed by atoms with Gasteiger partial charge in [-0.05, 0) is 24.5 Å². The SMILES string of the molecule is NCc1ccc(S(=O)(=O)N2CCC(C(F)(F)F)CC2)nc1. The van der Waals surface area contributed by atoms with Gasteiger partial charge in [0.05, 0.1) is 5.92 Å². The van der Waals surface area contributed by atoms with E-state index in [4.69, 9.17) is 5.73 Å². The van der Waals surface area contributed by atoms with Crippen molar-refractivity contribution in [1.82, 2.24) is 9.29 Å². The maximum absolute atomic E-state index is 12.6. The van der Waals surface area contributed by atoms with Crippen molar-refractivity contribution < 1.29 is 21.6 Å². The summed E-state index contributed by atoms with van der Waals surface area (Å²) in [6, 6.07) is 2.87. The maximum atomic E-state index is 12.6. The number of rotatable bonds is 3. The Kier molecular flexibility index (Phi) is 4.54. The monoisotopic (exact) mass is 323 g/mol. The first-order valence-corrected chi connectivity index (χ1v) is 7.91. The Bertz CT molecular complexity index is 579. The van der Waals surface area contributed by atoms with E-state index in [0.29, 0.717) is 5.56 Å². The van der Waals surface area contributed by atoms with E-state index in [1.807, 2.05) is 0 Å². The number of hydrogen-bond acceptors (Lipinski definition) is 4. The van der Waals surface area contributed by atoms with E-state index in [2.05, 4.69) is 4.98 Å². The molecule has 0 bridgehead atoms. The molecule has 0 aromatic carbocycles. The fourth-order valence-electron chi connectivity index (χ4n) is 2.24. The first-order valence-electron chi connectivity index (χ1n) is 6.47. The molecular weight excluding hydrogens is 307 g/mol. The molecular formula is C12H16F3N3O2S. The lowest BCUT2D eigenvalue weighted by molar-refractivity contribution is -0.182. The highest BCUT2D eigenvalue weighted by Gasteiger charge is 2.43. The van der Waals surface area contributed by atoms with Crippen LogP contribution in [0, 0.1) is 5.92 Å². The Balaban J connectivity index is 2.11. The number of nitrogens with zero attached hydrogens (tertiary/aromatic N) is 2. The lowest BCUT2D eigenvalue weighted by atomic mass is 9.98. The first kappa shape index (κ1) is 16.2. The highest BCUT2D eigenvalue weighted by Crippen LogP contribution is 2.35. The average molecular weight is 323 g/mol. The molecule has 0 atom stereocenters. The van der Waals surface area contributed by atoms with Gasteiger partial charge in [0.25, 0.3) is 10.0 Å². The van der Waals surface area contributed by atoms with Gasteiger partial charge in [0, 0.05) is 25.8 Å². The summed E-state index contributed by atoms with van der Waals surface area (Å²) in [7, 11) is -3.84. The molecule has 9 heteroatoms. The van der Waals surface area contributed by atoms with Crippen molar-refractivity contribution in [3.05, 3.63) is 23.9 Å². The third kappa shape index (κ3) is 3.53. The normalized spacial score (nSPS) is 18.9. The largest absolute Gasteiger partial charge is 0.391 e. The van der Waals surface area contributed by atoms with E-state index in [-0.39, 0.29) is 37.5 Å². The molecule has 1 fully saturated rings. The minimum atomic E-state index is -4.27. The molecule has 0 spiro atoms. The molecule has 1 aliphatic rings. The topological polar surface area (TPSA) is 76.3 Å². The Morgan fingerprint density at radius 1 is 1.29 bits per heavy atom. The number of sulfonamides is 1. The van der Waals surface area contributed by atoms with Crippen molar-refractivity contribution in [3.8, 4) is 0 Å². The van der Waals surface area contributed by atoms with E-state index < -0.39 is 22.1 Å². The van der Waals surface area contributed by atoms with Gasteiger partial charge < -0.3 is 5.73 Å². The van der Waals surface area contributed by atoms with Crippen LogP contribution in [0.25, 0.3) is 0 Å². The second-order valence-corrected chi connectivity index (χ2v) is 6.81. The summed E-state index contributed by atoms with van der Waals surface area (Å²) in [5, 5.41) is -0.162. The number of pyridine rings is 1. The molecule has 2 heterocycles. The van der Waals surface area contributed by atoms with Gasteiger partial charge in [-0.2, -0.15) is 17.5 Å². The quantitative estimate of drug-likeness (QED) is 0.914. The van der Waals surface area contributed by atoms with Crippen LogP contribution in [-0.2, 0) is 16.6 Å². The van der Waals surface area contributed by atoms with Crippen LogP contribution in [0.1, 0.15) is 18.4 Å². The molecule has 1 saturated heterocycles. The maximum Gasteiger partial charge on any atom is 0.391 e. The molecule has 0 aliphatic carbocycles. The van der Waals surface area contributed by atoms with Gasteiger partial charge in [0.2, 0.25) is 0 Å². The molecule has 0 unspecified atom stereocenters. The van der Waals surface area contributed by atoms with Gasteiger partial charge in [-0.3, -0.25) is 0 Å². The number of alkyl halides is 3. The predicted octanol–water partition coefficient (Wildman–Crippen LogP) is 1.50. The van der Waals surface area contributed by atoms with Crippen LogP contribution < -0.4 is 5.73 Å². The summed E-state index contributed by atoms with van der Waals surface area (Å²) in [5.74, 6) is -1.43. The molecule has 1 aromatic heterocycles. The molecule has 0 amide bonds. The summed E-state index contributed by atoms with van der Waals surface area (Å²) in [6.45, 7) is -0.0516. The minimum Gasteiger partial charge on any atom is -0.326 e. The van der Waals surface area contributed by atoms with Gasteiger partial charge in [0.15, 0.2) is 5.03 Å². The van der Waals surface area contributed by atoms with Gasteiger partial charge in [0.1, 0.15) is 0 Å². The Labute approximate surface area is 121 Å². The third-order valence-corrected chi connectivity index (χ3v) is 5.37. The highest BCUT2D eigenvalue weighted by molar-refractivity contribution is 7.89. The van der Waals surface area contributed by atoms with Crippen LogP contribution in [0.2, 0.25) is 0 Å². The van der Waals surface area contributed by atoms with Crippen LogP contribution in [0.15, 0.2) is 23.4 Å². The summed E-state index contributed by atoms with van der Waals surface area (Å²) in [4.78, 5) is 3.83. The second kappa shape index (κ2) is 5.90. The number of piperidine rings is 1. The Morgan fingerprint density at radius 2 is 1.90 bits per heavy atom. The van der Waals surface area contributed by atoms with Gasteiger partial charge in [-0.25, -0.2) is 13.4 Å². The average Bonchev–Trinajstić information content (AvgIpc) is 2.46. The van der Waals surface area contributed by atoms with Crippen molar-refractivity contribution in [3.63, 3.8) is 0 Å². The molecule has 2 N–H and O–H groups in total. The number of hydrogen-bond donors (Lipinski definition) is 1. The molecule has 0 saturated carbocycles. The molecule has 21 heavy (non-hydrogen) atoms. The minimum absolute atomic E-state index is 0.146. The lowest BCUT2D eigenvalue weighted by Gasteiger charge is -2.31. The van der Waals surface area contributed by atoms with E-state index in [0.717, 1.165) is 4.31 Å². The van der Waals surface area contributed by atoms with Crippen LogP contribution >= 0.6 is 0 Å². The summed E-state index contributed by atoms with van der Waals surface area (Å²) < 4.78 is 63.4. The molecule has 0 radical (unpaired) electrons. The van der Waals surface area contributed by atoms with Crippen molar-refractivity contribution in [2.75, 3.05) is 13.1 Å². The van der Waals surface area contributed by atoms with E-state index >= 15 is 0 Å². The zero-order chi connectivity index (χ0) is 15.7. The smallest absolute Gasteiger partial charge is 0.326 e. The van der Waals surface area contributed by atoms with E-state index in [9.17, 15) is 21.6 Å². The first-order chi connectivity index (χ1) is 9.75. The van der Waals surface area contributed by atoms with Crippen molar-refractivity contribution >= 4 is 10.0 Å². The molecule has 5 nitrogen and oxygen atoms in total. The standard InChI is InChI=1S/C12H16F3N3O2S/c13-12(14,15)10-3-5-18(6-4-10)21(19,20)11-2-1-9(7-16)8-17-11/h1-2,8,10H,3-7,16H2. The fraction of sp³-hybridized carbons (Fsp3) is 0.583. The Hall–Kier alpha value is -1.19. The van der Waals surface area contributed by atoms with Crippen molar-refractivity contribution in [2.24, 2.45) is 11.7 Å². The fourth-order valence-corrected chi connectivity index (χ4v) is 3.62. The zero-order valence-electron chi connectivity index (χ0n) is 11.2. The molecule has 118 valence electrons. The molecule has 1 aliphatic heterocycles. The number of aromatic nitrogens is 1. The van der Waals surface area contributed by atoms with Gasteiger partial charge in [-0.15, -0.1) is 0 Å². The highest BCUT2D eigenvalue weighted by atomic mass is 32.2. The molecule has 1 aromatic rings. The third-order valence-electron chi connectivity index (χ3n) is 3.55. The van der Waals surface area contributed by atoms with Gasteiger partial charge >= 0.3 is 6.18 Å². The van der Waals surface area contributed by atoms with Crippen molar-refractivity contribution in [2.45, 2.75) is 30.6 Å². The predicted molar refractivity (Wildman–Crippen MR) is 69.7 cm³/mol. The number of nitrogens with two attached hydrogens (primary N) is 1. The van der Waals surface area contributed by atoms with Crippen molar-refractivity contribution in [1.29, 1.82) is 0 Å². The summed E-state index contributed by atoms with van der Waals surface area (Å²) >= 11 is 0. The van der Waals surface area contributed by atoms with E-state index in [1.165, 1.54) is 12.3 Å². The number of halogens is 3. The lowest BCUT2D eigenvalue weighted by Crippen LogP contribution is -2.42. The van der Waals surface area contributed by atoms with E-state index in [1.54, 1.807) is 6.07 Å². The second-order valence-electron chi connectivity index (χ2n) is 4.93. The summed E-state index contributed by atoms with van der Waals surface area (Å²) in [6.07, 6.45) is -3.35. The molecule has 2 rings (SSSR count).